The van der Waals surface area contributed by atoms with Crippen LogP contribution in [0.1, 0.15) is 6.42 Å². The van der Waals surface area contributed by atoms with Crippen LogP contribution < -0.4 is 10.1 Å². The van der Waals surface area contributed by atoms with Crippen molar-refractivity contribution in [2.24, 2.45) is 0 Å². The van der Waals surface area contributed by atoms with Gasteiger partial charge in [-0.3, -0.25) is 15.4 Å². The number of hydrogen-bond acceptors (Lipinski definition) is 7. The van der Waals surface area contributed by atoms with E-state index in [1.165, 1.54) is 29.4 Å². The summed E-state index contributed by atoms with van der Waals surface area (Å²) in [7, 11) is 0. The molecule has 3 heterocycles. The van der Waals surface area contributed by atoms with E-state index in [-0.39, 0.29) is 35.7 Å². The van der Waals surface area contributed by atoms with Gasteiger partial charge >= 0.3 is 17.7 Å². The van der Waals surface area contributed by atoms with Gasteiger partial charge in [0, 0.05) is 43.1 Å². The first kappa shape index (κ1) is 21.0. The molecule has 164 valence electrons. The third kappa shape index (κ3) is 4.58. The summed E-state index contributed by atoms with van der Waals surface area (Å²) in [6.07, 6.45) is 3.24. The first-order valence-corrected chi connectivity index (χ1v) is 9.51. The number of nitro groups is 1. The molecule has 1 N–H and O–H groups in total. The fourth-order valence-corrected chi connectivity index (χ4v) is 3.22. The standard InChI is InChI=1S/C20H16F2N6O4/c21-12-2-3-14(15(22)10-12)16-4-5-17(28(30)31)18(25-16)26-20(29)27-9-6-13(11-27)32-19-23-7-1-8-24-19/h1-5,7-8,10,13H,6,9,11H2,(H,25,26,29). The van der Waals surface area contributed by atoms with Crippen molar-refractivity contribution in [2.75, 3.05) is 18.4 Å². The van der Waals surface area contributed by atoms with Gasteiger partial charge in [0.05, 0.1) is 17.2 Å². The third-order valence-electron chi connectivity index (χ3n) is 4.75. The molecule has 4 rings (SSSR count). The highest BCUT2D eigenvalue weighted by Crippen LogP contribution is 2.29. The molecule has 1 aliphatic heterocycles. The molecular formula is C20H16F2N6O4. The molecule has 1 unspecified atom stereocenters. The molecule has 1 atom stereocenters. The Balaban J connectivity index is 1.51. The van der Waals surface area contributed by atoms with Crippen molar-refractivity contribution in [2.45, 2.75) is 12.5 Å². The second-order valence-corrected chi connectivity index (χ2v) is 6.88. The lowest BCUT2D eigenvalue weighted by Crippen LogP contribution is -2.35. The number of halogens is 2. The Morgan fingerprint density at radius 2 is 2.00 bits per heavy atom. The first-order chi connectivity index (χ1) is 15.4. The van der Waals surface area contributed by atoms with E-state index in [1.807, 2.05) is 0 Å². The van der Waals surface area contributed by atoms with Crippen molar-refractivity contribution in [3.8, 4) is 17.3 Å². The number of anilines is 1. The average molecular weight is 442 g/mol. The van der Waals surface area contributed by atoms with Crippen molar-refractivity contribution < 1.29 is 23.2 Å². The Morgan fingerprint density at radius 1 is 1.22 bits per heavy atom. The van der Waals surface area contributed by atoms with Crippen LogP contribution >= 0.6 is 0 Å². The molecule has 2 aromatic heterocycles. The van der Waals surface area contributed by atoms with Crippen LogP contribution in [0.3, 0.4) is 0 Å². The van der Waals surface area contributed by atoms with E-state index >= 15 is 0 Å². The average Bonchev–Trinajstić information content (AvgIpc) is 3.23. The lowest BCUT2D eigenvalue weighted by molar-refractivity contribution is -0.384. The summed E-state index contributed by atoms with van der Waals surface area (Å²) < 4.78 is 32.9. The summed E-state index contributed by atoms with van der Waals surface area (Å²) in [5, 5.41) is 13.8. The van der Waals surface area contributed by atoms with Gasteiger partial charge in [0.1, 0.15) is 17.7 Å². The Morgan fingerprint density at radius 3 is 2.72 bits per heavy atom. The van der Waals surface area contributed by atoms with Crippen LogP contribution in [0.15, 0.2) is 48.8 Å². The van der Waals surface area contributed by atoms with Gasteiger partial charge in [0.15, 0.2) is 0 Å². The monoisotopic (exact) mass is 442 g/mol. The van der Waals surface area contributed by atoms with Gasteiger partial charge in [-0.15, -0.1) is 0 Å². The predicted molar refractivity (Wildman–Crippen MR) is 108 cm³/mol. The first-order valence-electron chi connectivity index (χ1n) is 9.51. The van der Waals surface area contributed by atoms with E-state index in [1.54, 1.807) is 6.07 Å². The molecular weight excluding hydrogens is 426 g/mol. The van der Waals surface area contributed by atoms with Gasteiger partial charge in [0.2, 0.25) is 5.82 Å². The quantitative estimate of drug-likeness (QED) is 0.474. The SMILES string of the molecule is O=C(Nc1nc(-c2ccc(F)cc2F)ccc1[N+](=O)[O-])N1CCC(Oc2ncccn2)C1. The second kappa shape index (κ2) is 8.88. The summed E-state index contributed by atoms with van der Waals surface area (Å²) in [4.78, 5) is 36.7. The molecule has 2 amide bonds. The van der Waals surface area contributed by atoms with Crippen LogP contribution in [0.5, 0.6) is 6.01 Å². The second-order valence-electron chi connectivity index (χ2n) is 6.88. The number of nitrogens with one attached hydrogen (secondary N) is 1. The van der Waals surface area contributed by atoms with Gasteiger partial charge in [-0.1, -0.05) is 0 Å². The molecule has 10 nitrogen and oxygen atoms in total. The number of aromatic nitrogens is 3. The zero-order chi connectivity index (χ0) is 22.7. The number of carbonyl (C=O) groups excluding carboxylic acids is 1. The zero-order valence-electron chi connectivity index (χ0n) is 16.4. The molecule has 12 heteroatoms. The number of ether oxygens (including phenoxy) is 1. The minimum Gasteiger partial charge on any atom is -0.458 e. The fourth-order valence-electron chi connectivity index (χ4n) is 3.22. The lowest BCUT2D eigenvalue weighted by atomic mass is 10.1. The van der Waals surface area contributed by atoms with E-state index < -0.39 is 28.3 Å². The highest BCUT2D eigenvalue weighted by molar-refractivity contribution is 5.91. The van der Waals surface area contributed by atoms with Crippen LogP contribution in [-0.2, 0) is 0 Å². The number of rotatable bonds is 5. The number of hydrogen-bond donors (Lipinski definition) is 1. The van der Waals surface area contributed by atoms with Gasteiger partial charge in [-0.05, 0) is 24.3 Å². The molecule has 0 saturated carbocycles. The van der Waals surface area contributed by atoms with Crippen molar-refractivity contribution in [3.05, 3.63) is 70.5 Å². The van der Waals surface area contributed by atoms with Crippen molar-refractivity contribution >= 4 is 17.5 Å². The largest absolute Gasteiger partial charge is 0.458 e. The summed E-state index contributed by atoms with van der Waals surface area (Å²) in [5.41, 5.74) is -0.518. The Hall–Kier alpha value is -4.22. The molecule has 32 heavy (non-hydrogen) atoms. The molecule has 3 aromatic rings. The molecule has 1 fully saturated rings. The van der Waals surface area contributed by atoms with Gasteiger partial charge in [-0.25, -0.2) is 28.5 Å². The molecule has 1 saturated heterocycles. The van der Waals surface area contributed by atoms with E-state index in [9.17, 15) is 23.7 Å². The highest BCUT2D eigenvalue weighted by Gasteiger charge is 2.30. The number of likely N-dealkylation sites (tertiary alicyclic amines) is 1. The third-order valence-corrected chi connectivity index (χ3v) is 4.75. The minimum atomic E-state index is -0.883. The van der Waals surface area contributed by atoms with Crippen LogP contribution in [0.2, 0.25) is 0 Å². The van der Waals surface area contributed by atoms with E-state index in [0.717, 1.165) is 12.1 Å². The summed E-state index contributed by atoms with van der Waals surface area (Å²) in [6, 6.07) is 6.42. The van der Waals surface area contributed by atoms with Crippen LogP contribution in [0.25, 0.3) is 11.3 Å². The number of urea groups is 1. The Labute approximate surface area is 180 Å². The van der Waals surface area contributed by atoms with Crippen LogP contribution in [0, 0.1) is 21.7 Å². The Bertz CT molecular complexity index is 1160. The maximum Gasteiger partial charge on any atom is 0.323 e. The summed E-state index contributed by atoms with van der Waals surface area (Å²) >= 11 is 0. The number of amides is 2. The molecule has 0 spiro atoms. The van der Waals surface area contributed by atoms with E-state index in [0.29, 0.717) is 19.0 Å². The van der Waals surface area contributed by atoms with Crippen molar-refractivity contribution in [1.82, 2.24) is 19.9 Å². The number of benzene rings is 1. The number of pyridine rings is 1. The normalized spacial score (nSPS) is 15.4. The molecule has 1 aromatic carbocycles. The molecule has 0 radical (unpaired) electrons. The summed E-state index contributed by atoms with van der Waals surface area (Å²) in [6.45, 7) is 0.549. The smallest absolute Gasteiger partial charge is 0.323 e. The van der Waals surface area contributed by atoms with Crippen LogP contribution in [0.4, 0.5) is 25.1 Å². The lowest BCUT2D eigenvalue weighted by Gasteiger charge is -2.17. The van der Waals surface area contributed by atoms with Crippen LogP contribution in [-0.4, -0.2) is 50.0 Å². The maximum absolute atomic E-state index is 14.1. The Kier molecular flexibility index (Phi) is 5.83. The number of nitrogens with zero attached hydrogens (tertiary/aromatic N) is 5. The molecule has 0 bridgehead atoms. The topological polar surface area (TPSA) is 123 Å². The fraction of sp³-hybridized carbons (Fsp3) is 0.200. The summed E-state index contributed by atoms with van der Waals surface area (Å²) in [5.74, 6) is -2.00. The van der Waals surface area contributed by atoms with Gasteiger partial charge in [-0.2, -0.15) is 0 Å². The van der Waals surface area contributed by atoms with E-state index in [2.05, 4.69) is 20.3 Å². The van der Waals surface area contributed by atoms with Crippen molar-refractivity contribution in [1.29, 1.82) is 0 Å². The zero-order valence-corrected chi connectivity index (χ0v) is 16.4. The molecule has 0 aliphatic carbocycles. The van der Waals surface area contributed by atoms with E-state index in [4.69, 9.17) is 4.74 Å². The number of carbonyl (C=O) groups is 1. The van der Waals surface area contributed by atoms with Gasteiger partial charge in [0.25, 0.3) is 0 Å². The maximum atomic E-state index is 14.1. The minimum absolute atomic E-state index is 0.00672. The molecule has 1 aliphatic rings. The highest BCUT2D eigenvalue weighted by atomic mass is 19.1. The predicted octanol–water partition coefficient (Wildman–Crippen LogP) is 3.41. The van der Waals surface area contributed by atoms with Gasteiger partial charge < -0.3 is 9.64 Å². The van der Waals surface area contributed by atoms with Crippen molar-refractivity contribution in [3.63, 3.8) is 0 Å².